The van der Waals surface area contributed by atoms with Gasteiger partial charge in [0.05, 0.1) is 40.2 Å². The molecule has 11 heteroatoms. The molecule has 1 amide bonds. The van der Waals surface area contributed by atoms with Crippen molar-refractivity contribution < 1.29 is 9.18 Å². The predicted molar refractivity (Wildman–Crippen MR) is 144 cm³/mol. The summed E-state index contributed by atoms with van der Waals surface area (Å²) in [7, 11) is 0. The third-order valence-electron chi connectivity index (χ3n) is 7.11. The van der Waals surface area contributed by atoms with E-state index < -0.39 is 5.82 Å². The number of fused-ring (bicyclic) bond motifs is 2. The van der Waals surface area contributed by atoms with Crippen molar-refractivity contribution in [1.29, 1.82) is 0 Å². The highest BCUT2D eigenvalue weighted by Crippen LogP contribution is 2.34. The number of aromatic nitrogens is 8. The van der Waals surface area contributed by atoms with Crippen LogP contribution in [-0.2, 0) is 4.79 Å². The van der Waals surface area contributed by atoms with Crippen LogP contribution in [0, 0.1) is 11.7 Å². The maximum atomic E-state index is 16.1. The van der Waals surface area contributed by atoms with Crippen LogP contribution in [0.15, 0.2) is 61.3 Å². The van der Waals surface area contributed by atoms with Gasteiger partial charge in [-0.05, 0) is 37.1 Å². The third kappa shape index (κ3) is 4.08. The SMILES string of the molecule is O=C(Nc1cncc(-c2ncc3[nH]nc(-c4nc5nccc(-c6ccccn6)c5[nH]4)c3c2F)c1)C1CCCC1. The zero-order valence-electron chi connectivity index (χ0n) is 20.6. The van der Waals surface area contributed by atoms with Gasteiger partial charge in [0.15, 0.2) is 17.3 Å². The van der Waals surface area contributed by atoms with Crippen molar-refractivity contribution in [2.24, 2.45) is 5.92 Å². The minimum atomic E-state index is -0.573. The van der Waals surface area contributed by atoms with E-state index in [1.54, 1.807) is 24.7 Å². The van der Waals surface area contributed by atoms with E-state index in [2.05, 4.69) is 45.4 Å². The zero-order chi connectivity index (χ0) is 26.3. The lowest BCUT2D eigenvalue weighted by atomic mass is 10.1. The largest absolute Gasteiger partial charge is 0.335 e. The predicted octanol–water partition coefficient (Wildman–Crippen LogP) is 5.29. The Balaban J connectivity index is 1.28. The van der Waals surface area contributed by atoms with E-state index in [-0.39, 0.29) is 22.9 Å². The molecular weight excluding hydrogens is 497 g/mol. The molecule has 6 aromatic heterocycles. The van der Waals surface area contributed by atoms with E-state index in [1.807, 2.05) is 24.3 Å². The molecule has 1 fully saturated rings. The first-order chi connectivity index (χ1) is 19.2. The molecule has 1 aliphatic carbocycles. The highest BCUT2D eigenvalue weighted by atomic mass is 19.1. The van der Waals surface area contributed by atoms with Crippen molar-refractivity contribution in [3.05, 3.63) is 67.1 Å². The highest BCUT2D eigenvalue weighted by molar-refractivity contribution is 5.97. The molecular formula is C28H22FN9O. The van der Waals surface area contributed by atoms with Gasteiger partial charge in [-0.1, -0.05) is 18.9 Å². The fourth-order valence-electron chi connectivity index (χ4n) is 5.18. The quantitative estimate of drug-likeness (QED) is 0.281. The van der Waals surface area contributed by atoms with Gasteiger partial charge in [0, 0.05) is 35.6 Å². The molecule has 0 spiro atoms. The minimum absolute atomic E-state index is 0.00448. The number of pyridine rings is 4. The molecule has 1 aliphatic rings. The fourth-order valence-corrected chi connectivity index (χ4v) is 5.18. The van der Waals surface area contributed by atoms with Gasteiger partial charge < -0.3 is 10.3 Å². The maximum absolute atomic E-state index is 16.1. The molecule has 0 unspecified atom stereocenters. The van der Waals surface area contributed by atoms with Crippen LogP contribution in [-0.4, -0.2) is 46.0 Å². The van der Waals surface area contributed by atoms with Crippen molar-refractivity contribution in [3.8, 4) is 34.0 Å². The van der Waals surface area contributed by atoms with E-state index in [4.69, 9.17) is 0 Å². The molecule has 0 saturated heterocycles. The van der Waals surface area contributed by atoms with Gasteiger partial charge in [-0.3, -0.25) is 24.8 Å². The van der Waals surface area contributed by atoms with Crippen LogP contribution in [0.2, 0.25) is 0 Å². The van der Waals surface area contributed by atoms with Crippen LogP contribution in [0.4, 0.5) is 10.1 Å². The number of amides is 1. The Morgan fingerprint density at radius 2 is 1.90 bits per heavy atom. The summed E-state index contributed by atoms with van der Waals surface area (Å²) < 4.78 is 16.1. The monoisotopic (exact) mass is 519 g/mol. The van der Waals surface area contributed by atoms with Crippen molar-refractivity contribution in [1.82, 2.24) is 40.1 Å². The van der Waals surface area contributed by atoms with Gasteiger partial charge in [-0.25, -0.2) is 14.4 Å². The maximum Gasteiger partial charge on any atom is 0.227 e. The molecule has 192 valence electrons. The van der Waals surface area contributed by atoms with Crippen molar-refractivity contribution in [3.63, 3.8) is 0 Å². The Bertz CT molecular complexity index is 1840. The molecule has 0 aromatic carbocycles. The number of rotatable bonds is 5. The zero-order valence-corrected chi connectivity index (χ0v) is 20.6. The lowest BCUT2D eigenvalue weighted by Crippen LogP contribution is -2.20. The van der Waals surface area contributed by atoms with Gasteiger partial charge >= 0.3 is 0 Å². The fraction of sp³-hybridized carbons (Fsp3) is 0.179. The Morgan fingerprint density at radius 1 is 1.00 bits per heavy atom. The number of nitrogens with zero attached hydrogens (tertiary/aromatic N) is 6. The molecule has 3 N–H and O–H groups in total. The Labute approximate surface area is 221 Å². The molecule has 0 bridgehead atoms. The summed E-state index contributed by atoms with van der Waals surface area (Å²) in [4.78, 5) is 37.8. The molecule has 10 nitrogen and oxygen atoms in total. The molecule has 1 saturated carbocycles. The standard InChI is InChI=1S/C28H22FN9O/c29-22-21-20(14-33-23(22)16-11-17(13-30-12-16)34-28(39)15-5-1-2-6-15)37-38-25(21)27-35-24-18(8-10-32-26(24)36-27)19-7-3-4-9-31-19/h3-4,7-15H,1-2,5-6H2,(H,34,39)(H,37,38)(H,32,35,36). The van der Waals surface area contributed by atoms with Crippen molar-refractivity contribution >= 4 is 33.7 Å². The van der Waals surface area contributed by atoms with E-state index in [0.29, 0.717) is 39.4 Å². The van der Waals surface area contributed by atoms with E-state index in [0.717, 1.165) is 36.9 Å². The summed E-state index contributed by atoms with van der Waals surface area (Å²) >= 11 is 0. The Kier molecular flexibility index (Phi) is 5.54. The number of imidazole rings is 1. The minimum Gasteiger partial charge on any atom is -0.335 e. The number of halogens is 1. The van der Waals surface area contributed by atoms with Crippen LogP contribution < -0.4 is 5.32 Å². The van der Waals surface area contributed by atoms with Crippen LogP contribution in [0.25, 0.3) is 56.1 Å². The molecule has 0 aliphatic heterocycles. The Hall–Kier alpha value is -5.06. The number of carbonyl (C=O) groups is 1. The first kappa shape index (κ1) is 23.1. The number of hydrogen-bond acceptors (Lipinski definition) is 7. The number of carbonyl (C=O) groups excluding carboxylic acids is 1. The van der Waals surface area contributed by atoms with Gasteiger partial charge in [-0.2, -0.15) is 5.10 Å². The molecule has 6 aromatic rings. The molecule has 0 atom stereocenters. The summed E-state index contributed by atoms with van der Waals surface area (Å²) in [5.41, 5.74) is 4.48. The summed E-state index contributed by atoms with van der Waals surface area (Å²) in [6.45, 7) is 0. The second-order valence-corrected chi connectivity index (χ2v) is 9.57. The second-order valence-electron chi connectivity index (χ2n) is 9.57. The van der Waals surface area contributed by atoms with Crippen LogP contribution in [0.3, 0.4) is 0 Å². The van der Waals surface area contributed by atoms with E-state index in [1.165, 1.54) is 12.4 Å². The van der Waals surface area contributed by atoms with Crippen LogP contribution in [0.5, 0.6) is 0 Å². The lowest BCUT2D eigenvalue weighted by molar-refractivity contribution is -0.119. The first-order valence-corrected chi connectivity index (χ1v) is 12.7. The van der Waals surface area contributed by atoms with Gasteiger partial charge in [-0.15, -0.1) is 0 Å². The summed E-state index contributed by atoms with van der Waals surface area (Å²) in [5.74, 6) is -0.240. The van der Waals surface area contributed by atoms with Gasteiger partial charge in [0.1, 0.15) is 11.4 Å². The molecule has 39 heavy (non-hydrogen) atoms. The van der Waals surface area contributed by atoms with Gasteiger partial charge in [0.25, 0.3) is 0 Å². The normalized spacial score (nSPS) is 13.9. The number of aromatic amines is 2. The van der Waals surface area contributed by atoms with E-state index in [9.17, 15) is 4.79 Å². The number of anilines is 1. The smallest absolute Gasteiger partial charge is 0.227 e. The topological polar surface area (TPSA) is 138 Å². The van der Waals surface area contributed by atoms with E-state index >= 15 is 4.39 Å². The summed E-state index contributed by atoms with van der Waals surface area (Å²) in [5, 5.41) is 10.3. The summed E-state index contributed by atoms with van der Waals surface area (Å²) in [6.07, 6.45) is 11.9. The number of H-pyrrole nitrogens is 2. The van der Waals surface area contributed by atoms with Crippen molar-refractivity contribution in [2.45, 2.75) is 25.7 Å². The summed E-state index contributed by atoms with van der Waals surface area (Å²) in [6, 6.07) is 9.18. The third-order valence-corrected chi connectivity index (χ3v) is 7.11. The Morgan fingerprint density at radius 3 is 2.74 bits per heavy atom. The number of nitrogens with one attached hydrogen (secondary N) is 3. The van der Waals surface area contributed by atoms with Crippen molar-refractivity contribution in [2.75, 3.05) is 5.32 Å². The van der Waals surface area contributed by atoms with Crippen LogP contribution in [0.1, 0.15) is 25.7 Å². The average Bonchev–Trinajstić information content (AvgIpc) is 3.73. The molecule has 7 rings (SSSR count). The molecule has 0 radical (unpaired) electrons. The lowest BCUT2D eigenvalue weighted by Gasteiger charge is -2.11. The second kappa shape index (κ2) is 9.35. The highest BCUT2D eigenvalue weighted by Gasteiger charge is 2.24. The number of hydrogen-bond donors (Lipinski definition) is 3. The average molecular weight is 520 g/mol. The first-order valence-electron chi connectivity index (χ1n) is 12.7. The molecule has 6 heterocycles. The van der Waals surface area contributed by atoms with Crippen LogP contribution >= 0.6 is 0 Å². The van der Waals surface area contributed by atoms with Gasteiger partial charge in [0.2, 0.25) is 5.91 Å².